The van der Waals surface area contributed by atoms with Gasteiger partial charge in [-0.3, -0.25) is 14.7 Å². The number of thiophene rings is 1. The number of carbonyl (C=O) groups excluding carboxylic acids is 1. The number of hydrogen-bond acceptors (Lipinski definition) is 5. The van der Waals surface area contributed by atoms with Gasteiger partial charge in [0.1, 0.15) is 6.10 Å². The molecule has 30 heavy (non-hydrogen) atoms. The van der Waals surface area contributed by atoms with E-state index in [2.05, 4.69) is 28.6 Å². The smallest absolute Gasteiger partial charge is 0.311 e. The van der Waals surface area contributed by atoms with Gasteiger partial charge in [-0.2, -0.15) is 0 Å². The van der Waals surface area contributed by atoms with Crippen LogP contribution in [0.5, 0.6) is 0 Å². The maximum atomic E-state index is 12.9. The first kappa shape index (κ1) is 19.5. The molecule has 5 heterocycles. The molecule has 0 saturated carbocycles. The van der Waals surface area contributed by atoms with Crippen LogP contribution in [0, 0.1) is 11.8 Å². The van der Waals surface area contributed by atoms with Gasteiger partial charge in [-0.05, 0) is 54.8 Å². The predicted molar refractivity (Wildman–Crippen MR) is 120 cm³/mol. The van der Waals surface area contributed by atoms with E-state index in [-0.39, 0.29) is 18.1 Å². The van der Waals surface area contributed by atoms with E-state index < -0.39 is 0 Å². The fraction of sp³-hybridized carbons (Fsp3) is 0.360. The Bertz CT molecular complexity index is 1040. The van der Waals surface area contributed by atoms with Crippen LogP contribution in [0.25, 0.3) is 10.9 Å². The molecule has 5 atom stereocenters. The molecule has 0 spiro atoms. The van der Waals surface area contributed by atoms with Gasteiger partial charge >= 0.3 is 5.97 Å². The van der Waals surface area contributed by atoms with Crippen LogP contribution in [0.15, 0.2) is 66.7 Å². The summed E-state index contributed by atoms with van der Waals surface area (Å²) in [6, 6.07) is 14.3. The van der Waals surface area contributed by atoms with E-state index in [1.807, 2.05) is 48.0 Å². The third kappa shape index (κ3) is 3.68. The molecule has 0 amide bonds. The third-order valence-corrected chi connectivity index (χ3v) is 7.53. The maximum Gasteiger partial charge on any atom is 0.311 e. The lowest BCUT2D eigenvalue weighted by Gasteiger charge is -2.51. The summed E-state index contributed by atoms with van der Waals surface area (Å²) < 4.78 is 6.25. The zero-order chi connectivity index (χ0) is 20.5. The van der Waals surface area contributed by atoms with Crippen molar-refractivity contribution in [2.75, 3.05) is 13.1 Å². The minimum absolute atomic E-state index is 0.161. The first-order valence-corrected chi connectivity index (χ1v) is 11.5. The average Bonchev–Trinajstić information content (AvgIpc) is 3.30. The van der Waals surface area contributed by atoms with E-state index in [9.17, 15) is 4.79 Å². The molecule has 3 saturated heterocycles. The van der Waals surface area contributed by atoms with Gasteiger partial charge in [0.2, 0.25) is 0 Å². The van der Waals surface area contributed by atoms with Gasteiger partial charge in [0.05, 0.1) is 18.0 Å². The number of piperidine rings is 3. The van der Waals surface area contributed by atoms with E-state index >= 15 is 0 Å². The topological polar surface area (TPSA) is 42.4 Å². The highest BCUT2D eigenvalue weighted by Gasteiger charge is 2.44. The summed E-state index contributed by atoms with van der Waals surface area (Å²) in [5, 5.41) is 3.06. The maximum absolute atomic E-state index is 12.9. The largest absolute Gasteiger partial charge is 0.455 e. The molecule has 2 aromatic heterocycles. The van der Waals surface area contributed by atoms with Crippen molar-refractivity contribution in [2.24, 2.45) is 11.8 Å². The van der Waals surface area contributed by atoms with E-state index in [0.29, 0.717) is 18.3 Å². The molecule has 6 rings (SSSR count). The number of rotatable bonds is 6. The lowest BCUT2D eigenvalue weighted by molar-refractivity contribution is -0.156. The van der Waals surface area contributed by atoms with Gasteiger partial charge in [-0.15, -0.1) is 17.9 Å². The Morgan fingerprint density at radius 1 is 1.30 bits per heavy atom. The van der Waals surface area contributed by atoms with Crippen LogP contribution >= 0.6 is 11.3 Å². The summed E-state index contributed by atoms with van der Waals surface area (Å²) in [5.41, 5.74) is 2.00. The SMILES string of the molecule is C=C[C@H]1CN2CC[C@H]1C[C@H]2[C@H](OC(=O)Cc1cccs1)c1ccnc2ccccc12. The Kier molecular flexibility index (Phi) is 5.40. The molecule has 4 nitrogen and oxygen atoms in total. The van der Waals surface area contributed by atoms with E-state index in [4.69, 9.17) is 4.74 Å². The number of nitrogens with zero attached hydrogens (tertiary/aromatic N) is 2. The lowest BCUT2D eigenvalue weighted by atomic mass is 9.73. The number of para-hydroxylation sites is 1. The molecular formula is C25H26N2O2S. The Labute approximate surface area is 181 Å². The van der Waals surface area contributed by atoms with Crippen LogP contribution in [0.2, 0.25) is 0 Å². The highest BCUT2D eigenvalue weighted by molar-refractivity contribution is 7.10. The fourth-order valence-electron chi connectivity index (χ4n) is 5.15. The Morgan fingerprint density at radius 3 is 2.97 bits per heavy atom. The number of benzene rings is 1. The minimum Gasteiger partial charge on any atom is -0.455 e. The lowest BCUT2D eigenvalue weighted by Crippen LogP contribution is -2.55. The molecule has 1 unspecified atom stereocenters. The van der Waals surface area contributed by atoms with Crippen molar-refractivity contribution in [3.63, 3.8) is 0 Å². The van der Waals surface area contributed by atoms with Gasteiger partial charge in [0.15, 0.2) is 0 Å². The molecule has 0 radical (unpaired) electrons. The Balaban J connectivity index is 1.49. The monoisotopic (exact) mass is 418 g/mol. The zero-order valence-electron chi connectivity index (χ0n) is 16.9. The zero-order valence-corrected chi connectivity index (χ0v) is 17.8. The van der Waals surface area contributed by atoms with Crippen molar-refractivity contribution in [3.05, 3.63) is 77.1 Å². The number of ether oxygens (including phenoxy) is 1. The molecule has 1 aromatic carbocycles. The normalized spacial score (nSPS) is 26.4. The summed E-state index contributed by atoms with van der Waals surface area (Å²) >= 11 is 1.60. The van der Waals surface area contributed by atoms with Gasteiger partial charge < -0.3 is 4.74 Å². The summed E-state index contributed by atoms with van der Waals surface area (Å²) in [5.74, 6) is 0.988. The van der Waals surface area contributed by atoms with Crippen molar-refractivity contribution < 1.29 is 9.53 Å². The molecule has 3 aromatic rings. The molecule has 0 aliphatic carbocycles. The van der Waals surface area contributed by atoms with E-state index in [1.165, 1.54) is 6.42 Å². The van der Waals surface area contributed by atoms with Crippen LogP contribution in [-0.2, 0) is 16.0 Å². The highest BCUT2D eigenvalue weighted by atomic mass is 32.1. The number of esters is 1. The van der Waals surface area contributed by atoms with Crippen molar-refractivity contribution in [3.8, 4) is 0 Å². The van der Waals surface area contributed by atoms with Gasteiger partial charge in [0, 0.05) is 28.6 Å². The van der Waals surface area contributed by atoms with Crippen LogP contribution < -0.4 is 0 Å². The van der Waals surface area contributed by atoms with Gasteiger partial charge in [-0.25, -0.2) is 0 Å². The molecular weight excluding hydrogens is 392 g/mol. The van der Waals surface area contributed by atoms with Crippen molar-refractivity contribution in [1.82, 2.24) is 9.88 Å². The summed E-state index contributed by atoms with van der Waals surface area (Å²) in [4.78, 5) is 21.0. The van der Waals surface area contributed by atoms with Crippen LogP contribution in [-0.4, -0.2) is 35.0 Å². The standard InChI is InChI=1S/C25H26N2O2S/c1-2-17-16-27-12-10-18(17)14-23(27)25(29-24(28)15-19-6-5-13-30-19)21-9-11-26-22-8-4-3-7-20(21)22/h2-9,11,13,17-18,23,25H,1,10,12,14-16H2/t17-,18-,23-,25+/m0/s1. The minimum atomic E-state index is -0.293. The second-order valence-corrected chi connectivity index (χ2v) is 9.36. The number of aromatic nitrogens is 1. The van der Waals surface area contributed by atoms with E-state index in [1.54, 1.807) is 11.3 Å². The van der Waals surface area contributed by atoms with Crippen LogP contribution in [0.1, 0.15) is 29.4 Å². The molecule has 2 bridgehead atoms. The second-order valence-electron chi connectivity index (χ2n) is 8.33. The average molecular weight is 419 g/mol. The summed E-state index contributed by atoms with van der Waals surface area (Å²) in [6.07, 6.45) is 6.19. The van der Waals surface area contributed by atoms with Crippen molar-refractivity contribution in [1.29, 1.82) is 0 Å². The molecule has 154 valence electrons. The number of pyridine rings is 1. The van der Waals surface area contributed by atoms with Gasteiger partial charge in [0.25, 0.3) is 0 Å². The molecule has 5 heteroatoms. The second kappa shape index (κ2) is 8.32. The van der Waals surface area contributed by atoms with Gasteiger partial charge in [-0.1, -0.05) is 30.3 Å². The number of carbonyl (C=O) groups is 1. The first-order valence-electron chi connectivity index (χ1n) is 10.6. The molecule has 0 N–H and O–H groups in total. The number of fused-ring (bicyclic) bond motifs is 4. The predicted octanol–water partition coefficient (Wildman–Crippen LogP) is 5.02. The Hall–Kier alpha value is -2.50. The molecule has 3 aliphatic heterocycles. The third-order valence-electron chi connectivity index (χ3n) is 6.65. The Morgan fingerprint density at radius 2 is 2.20 bits per heavy atom. The fourth-order valence-corrected chi connectivity index (χ4v) is 5.84. The van der Waals surface area contributed by atoms with E-state index in [0.717, 1.165) is 40.9 Å². The summed E-state index contributed by atoms with van der Waals surface area (Å²) in [7, 11) is 0. The highest BCUT2D eigenvalue weighted by Crippen LogP contribution is 2.43. The first-order chi connectivity index (χ1) is 14.7. The summed E-state index contributed by atoms with van der Waals surface area (Å²) in [6.45, 7) is 6.10. The van der Waals surface area contributed by atoms with Crippen molar-refractivity contribution >= 4 is 28.2 Å². The quantitative estimate of drug-likeness (QED) is 0.416. The molecule has 3 aliphatic rings. The van der Waals surface area contributed by atoms with Crippen LogP contribution in [0.3, 0.4) is 0 Å². The van der Waals surface area contributed by atoms with Crippen LogP contribution in [0.4, 0.5) is 0 Å². The number of hydrogen-bond donors (Lipinski definition) is 0. The van der Waals surface area contributed by atoms with Crippen molar-refractivity contribution in [2.45, 2.75) is 31.4 Å². The molecule has 3 fully saturated rings.